The predicted molar refractivity (Wildman–Crippen MR) is 91.0 cm³/mol. The van der Waals surface area contributed by atoms with E-state index in [0.717, 1.165) is 50.8 Å². The van der Waals surface area contributed by atoms with Crippen molar-refractivity contribution in [2.45, 2.75) is 50.8 Å². The van der Waals surface area contributed by atoms with E-state index in [1.54, 1.807) is 12.1 Å². The molecule has 1 amide bonds. The van der Waals surface area contributed by atoms with Crippen LogP contribution in [-0.2, 0) is 10.0 Å². The van der Waals surface area contributed by atoms with Crippen molar-refractivity contribution in [1.82, 2.24) is 9.62 Å². The number of benzene rings is 1. The smallest absolute Gasteiger partial charge is 0.254 e. The number of piperidine rings is 1. The number of aryl methyl sites for hydroxylation is 1. The summed E-state index contributed by atoms with van der Waals surface area (Å²) in [6, 6.07) is 4.79. The lowest BCUT2D eigenvalue weighted by molar-refractivity contribution is 0.0723. The van der Waals surface area contributed by atoms with Crippen LogP contribution in [0.3, 0.4) is 0 Å². The maximum absolute atomic E-state index is 12.7. The van der Waals surface area contributed by atoms with Crippen LogP contribution in [0.1, 0.15) is 54.9 Å². The van der Waals surface area contributed by atoms with Gasteiger partial charge in [-0.05, 0) is 50.3 Å². The molecule has 128 valence electrons. The molecule has 0 aliphatic carbocycles. The van der Waals surface area contributed by atoms with Gasteiger partial charge in [-0.2, -0.15) is 0 Å². The average molecular weight is 338 g/mol. The van der Waals surface area contributed by atoms with Crippen molar-refractivity contribution in [2.75, 3.05) is 19.6 Å². The lowest BCUT2D eigenvalue weighted by Crippen LogP contribution is -2.36. The van der Waals surface area contributed by atoms with Crippen LogP contribution in [0.15, 0.2) is 23.1 Å². The van der Waals surface area contributed by atoms with E-state index in [9.17, 15) is 13.2 Å². The number of hydrogen-bond donors (Lipinski definition) is 1. The Labute approximate surface area is 139 Å². The van der Waals surface area contributed by atoms with Gasteiger partial charge in [0, 0.05) is 25.2 Å². The second-order valence-electron chi connectivity index (χ2n) is 6.08. The van der Waals surface area contributed by atoms with Crippen LogP contribution >= 0.6 is 0 Å². The van der Waals surface area contributed by atoms with Crippen LogP contribution in [0.2, 0.25) is 0 Å². The molecule has 1 aliphatic heterocycles. The van der Waals surface area contributed by atoms with Gasteiger partial charge in [0.2, 0.25) is 10.0 Å². The third-order valence-electron chi connectivity index (χ3n) is 4.22. The van der Waals surface area contributed by atoms with E-state index < -0.39 is 10.0 Å². The molecular formula is C17H26N2O3S. The topological polar surface area (TPSA) is 66.5 Å². The molecule has 1 aromatic carbocycles. The van der Waals surface area contributed by atoms with E-state index in [-0.39, 0.29) is 10.8 Å². The predicted octanol–water partition coefficient (Wildman–Crippen LogP) is 2.70. The monoisotopic (exact) mass is 338 g/mol. The van der Waals surface area contributed by atoms with E-state index >= 15 is 0 Å². The van der Waals surface area contributed by atoms with Crippen LogP contribution < -0.4 is 4.72 Å². The molecule has 0 spiro atoms. The van der Waals surface area contributed by atoms with Crippen molar-refractivity contribution in [3.63, 3.8) is 0 Å². The lowest BCUT2D eigenvalue weighted by atomic mass is 10.1. The maximum Gasteiger partial charge on any atom is 0.254 e. The Morgan fingerprint density at radius 2 is 1.91 bits per heavy atom. The summed E-state index contributed by atoms with van der Waals surface area (Å²) in [6.45, 7) is 5.78. The van der Waals surface area contributed by atoms with Crippen molar-refractivity contribution in [1.29, 1.82) is 0 Å². The molecule has 0 bridgehead atoms. The normalized spacial score (nSPS) is 15.7. The quantitative estimate of drug-likeness (QED) is 0.811. The summed E-state index contributed by atoms with van der Waals surface area (Å²) >= 11 is 0. The number of amides is 1. The van der Waals surface area contributed by atoms with Crippen LogP contribution in [0, 0.1) is 6.92 Å². The molecule has 1 aromatic rings. The van der Waals surface area contributed by atoms with E-state index in [1.165, 1.54) is 6.07 Å². The molecule has 0 atom stereocenters. The van der Waals surface area contributed by atoms with Crippen molar-refractivity contribution >= 4 is 15.9 Å². The average Bonchev–Trinajstić information content (AvgIpc) is 2.55. The highest BCUT2D eigenvalue weighted by molar-refractivity contribution is 7.89. The summed E-state index contributed by atoms with van der Waals surface area (Å²) in [5.74, 6) is -0.0622. The second-order valence-corrected chi connectivity index (χ2v) is 7.85. The molecule has 6 heteroatoms. The zero-order valence-corrected chi connectivity index (χ0v) is 14.8. The first-order valence-corrected chi connectivity index (χ1v) is 9.83. The molecule has 0 radical (unpaired) electrons. The fourth-order valence-electron chi connectivity index (χ4n) is 2.73. The van der Waals surface area contributed by atoms with E-state index in [2.05, 4.69) is 4.72 Å². The molecule has 23 heavy (non-hydrogen) atoms. The minimum atomic E-state index is -3.56. The molecule has 1 fully saturated rings. The Hall–Kier alpha value is -1.40. The van der Waals surface area contributed by atoms with Crippen LogP contribution in [0.5, 0.6) is 0 Å². The van der Waals surface area contributed by atoms with Gasteiger partial charge in [0.05, 0.1) is 4.90 Å². The number of hydrogen-bond acceptors (Lipinski definition) is 3. The highest BCUT2D eigenvalue weighted by Gasteiger charge is 2.22. The first kappa shape index (κ1) is 17.9. The van der Waals surface area contributed by atoms with E-state index in [4.69, 9.17) is 0 Å². The third-order valence-corrected chi connectivity index (χ3v) is 5.67. The second kappa shape index (κ2) is 7.93. The van der Waals surface area contributed by atoms with Gasteiger partial charge < -0.3 is 4.90 Å². The Morgan fingerprint density at radius 3 is 2.57 bits per heavy atom. The fraction of sp³-hybridized carbons (Fsp3) is 0.588. The maximum atomic E-state index is 12.7. The number of unbranched alkanes of at least 4 members (excludes halogenated alkanes) is 1. The largest absolute Gasteiger partial charge is 0.339 e. The Morgan fingerprint density at radius 1 is 1.22 bits per heavy atom. The van der Waals surface area contributed by atoms with Gasteiger partial charge in [-0.3, -0.25) is 4.79 Å². The number of nitrogens with one attached hydrogen (secondary N) is 1. The SMILES string of the molecule is CCCCNS(=O)(=O)c1ccc(C)c(C(=O)N2CCCCC2)c1. The third kappa shape index (κ3) is 4.54. The van der Waals surface area contributed by atoms with Crippen molar-refractivity contribution in [3.05, 3.63) is 29.3 Å². The molecule has 0 saturated carbocycles. The minimum absolute atomic E-state index is 0.0622. The summed E-state index contributed by atoms with van der Waals surface area (Å²) in [5, 5.41) is 0. The van der Waals surface area contributed by atoms with E-state index in [0.29, 0.717) is 12.1 Å². The van der Waals surface area contributed by atoms with Gasteiger partial charge in [-0.1, -0.05) is 19.4 Å². The first-order valence-electron chi connectivity index (χ1n) is 8.35. The number of rotatable bonds is 6. The molecule has 0 aromatic heterocycles. The Balaban J connectivity index is 2.22. The van der Waals surface area contributed by atoms with Gasteiger partial charge in [0.15, 0.2) is 0 Å². The summed E-state index contributed by atoms with van der Waals surface area (Å²) in [5.41, 5.74) is 1.30. The number of nitrogens with zero attached hydrogens (tertiary/aromatic N) is 1. The van der Waals surface area contributed by atoms with Crippen LogP contribution in [0.4, 0.5) is 0 Å². The van der Waals surface area contributed by atoms with Gasteiger partial charge in [-0.15, -0.1) is 0 Å². The number of carbonyl (C=O) groups is 1. The minimum Gasteiger partial charge on any atom is -0.339 e. The molecule has 1 aliphatic rings. The molecule has 1 saturated heterocycles. The van der Waals surface area contributed by atoms with Crippen molar-refractivity contribution in [2.24, 2.45) is 0 Å². The molecule has 0 unspecified atom stereocenters. The zero-order chi connectivity index (χ0) is 16.9. The summed E-state index contributed by atoms with van der Waals surface area (Å²) in [6.07, 6.45) is 4.90. The highest BCUT2D eigenvalue weighted by Crippen LogP contribution is 2.19. The van der Waals surface area contributed by atoms with Gasteiger partial charge >= 0.3 is 0 Å². The summed E-state index contributed by atoms with van der Waals surface area (Å²) in [7, 11) is -3.56. The van der Waals surface area contributed by atoms with E-state index in [1.807, 2.05) is 18.7 Å². The number of sulfonamides is 1. The molecule has 1 N–H and O–H groups in total. The molecule has 2 rings (SSSR count). The van der Waals surface area contributed by atoms with Crippen LogP contribution in [-0.4, -0.2) is 38.9 Å². The zero-order valence-electron chi connectivity index (χ0n) is 14.0. The molecule has 1 heterocycles. The first-order chi connectivity index (χ1) is 11.0. The van der Waals surface area contributed by atoms with Crippen LogP contribution in [0.25, 0.3) is 0 Å². The van der Waals surface area contributed by atoms with Gasteiger partial charge in [0.1, 0.15) is 0 Å². The Bertz CT molecular complexity index is 650. The van der Waals surface area contributed by atoms with Crippen molar-refractivity contribution < 1.29 is 13.2 Å². The summed E-state index contributed by atoms with van der Waals surface area (Å²) in [4.78, 5) is 14.7. The lowest BCUT2D eigenvalue weighted by Gasteiger charge is -2.27. The van der Waals surface area contributed by atoms with Crippen molar-refractivity contribution in [3.8, 4) is 0 Å². The number of carbonyl (C=O) groups excluding carboxylic acids is 1. The standard InChI is InChI=1S/C17H26N2O3S/c1-3-4-10-18-23(21,22)15-9-8-14(2)16(13-15)17(20)19-11-6-5-7-12-19/h8-9,13,18H,3-7,10-12H2,1-2H3. The summed E-state index contributed by atoms with van der Waals surface area (Å²) < 4.78 is 27.3. The van der Waals surface area contributed by atoms with Gasteiger partial charge in [0.25, 0.3) is 5.91 Å². The Kier molecular flexibility index (Phi) is 6.18. The number of likely N-dealkylation sites (tertiary alicyclic amines) is 1. The fourth-order valence-corrected chi connectivity index (χ4v) is 3.83. The van der Waals surface area contributed by atoms with Gasteiger partial charge in [-0.25, -0.2) is 13.1 Å². The molecule has 5 nitrogen and oxygen atoms in total. The highest BCUT2D eigenvalue weighted by atomic mass is 32.2. The molecular weight excluding hydrogens is 312 g/mol.